The summed E-state index contributed by atoms with van der Waals surface area (Å²) >= 11 is 8.58. The Balaban J connectivity index is 1.70. The van der Waals surface area contributed by atoms with E-state index in [1.54, 1.807) is 24.3 Å². The molecule has 0 aromatic heterocycles. The summed E-state index contributed by atoms with van der Waals surface area (Å²) in [6.07, 6.45) is 3.59. The molecule has 1 aliphatic rings. The standard InChI is InChI=1S/C28H22BrFN2O4S/c1-3-6-19-13-18(15-24(35-2)25(19)36-16-17-9-11-20(29)12-10-17)14-21-26(33)31-28(37)32(27(21)34)23-8-5-4-7-22(23)30/h3-5,7-15H,1,6,16H2,2H3,(H,31,33,37)/b21-14+. The summed E-state index contributed by atoms with van der Waals surface area (Å²) in [4.78, 5) is 27.0. The van der Waals surface area contributed by atoms with E-state index in [2.05, 4.69) is 27.8 Å². The smallest absolute Gasteiger partial charge is 0.270 e. The number of allylic oxidation sites excluding steroid dienone is 1. The van der Waals surface area contributed by atoms with Gasteiger partial charge in [-0.1, -0.05) is 46.3 Å². The van der Waals surface area contributed by atoms with Gasteiger partial charge in [0.2, 0.25) is 0 Å². The van der Waals surface area contributed by atoms with E-state index in [1.165, 1.54) is 31.4 Å². The van der Waals surface area contributed by atoms with Crippen LogP contribution in [0.4, 0.5) is 10.1 Å². The normalized spacial score (nSPS) is 14.5. The fraction of sp³-hybridized carbons (Fsp3) is 0.107. The van der Waals surface area contributed by atoms with Crippen LogP contribution in [0, 0.1) is 5.82 Å². The number of amides is 2. The van der Waals surface area contributed by atoms with E-state index >= 15 is 0 Å². The molecule has 0 unspecified atom stereocenters. The van der Waals surface area contributed by atoms with E-state index in [0.717, 1.165) is 20.5 Å². The number of thiocarbonyl (C=S) groups is 1. The molecule has 0 spiro atoms. The van der Waals surface area contributed by atoms with E-state index < -0.39 is 17.6 Å². The maximum absolute atomic E-state index is 14.4. The highest BCUT2D eigenvalue weighted by atomic mass is 79.9. The summed E-state index contributed by atoms with van der Waals surface area (Å²) in [5.41, 5.74) is 1.99. The van der Waals surface area contributed by atoms with Crippen molar-refractivity contribution in [2.24, 2.45) is 0 Å². The number of halogens is 2. The Labute approximate surface area is 227 Å². The van der Waals surface area contributed by atoms with Crippen LogP contribution in [0.1, 0.15) is 16.7 Å². The molecule has 3 aromatic carbocycles. The van der Waals surface area contributed by atoms with Crippen molar-refractivity contribution in [3.05, 3.63) is 106 Å². The number of hydrogen-bond acceptors (Lipinski definition) is 5. The fourth-order valence-electron chi connectivity index (χ4n) is 3.80. The molecule has 188 valence electrons. The first-order chi connectivity index (χ1) is 17.8. The lowest BCUT2D eigenvalue weighted by atomic mass is 10.0. The van der Waals surface area contributed by atoms with E-state index in [-0.39, 0.29) is 16.4 Å². The van der Waals surface area contributed by atoms with Crippen LogP contribution in [0.2, 0.25) is 0 Å². The topological polar surface area (TPSA) is 67.9 Å². The van der Waals surface area contributed by atoms with Crippen LogP contribution in [-0.2, 0) is 22.6 Å². The molecular weight excluding hydrogens is 559 g/mol. The molecule has 0 aliphatic carbocycles. The maximum Gasteiger partial charge on any atom is 0.270 e. The molecule has 1 saturated heterocycles. The van der Waals surface area contributed by atoms with Crippen molar-refractivity contribution in [2.75, 3.05) is 12.0 Å². The number of hydrogen-bond donors (Lipinski definition) is 1. The molecule has 1 heterocycles. The van der Waals surface area contributed by atoms with Gasteiger partial charge in [0, 0.05) is 10.0 Å². The first kappa shape index (κ1) is 26.2. The average molecular weight is 581 g/mol. The Hall–Kier alpha value is -3.82. The minimum atomic E-state index is -0.737. The lowest BCUT2D eigenvalue weighted by molar-refractivity contribution is -0.122. The van der Waals surface area contributed by atoms with E-state index in [9.17, 15) is 14.0 Å². The summed E-state index contributed by atoms with van der Waals surface area (Å²) in [7, 11) is 1.51. The van der Waals surface area contributed by atoms with E-state index in [1.807, 2.05) is 24.3 Å². The van der Waals surface area contributed by atoms with Gasteiger partial charge < -0.3 is 9.47 Å². The molecule has 4 rings (SSSR count). The third-order valence-electron chi connectivity index (χ3n) is 5.54. The van der Waals surface area contributed by atoms with Gasteiger partial charge in [-0.3, -0.25) is 14.9 Å². The number of carbonyl (C=O) groups is 2. The van der Waals surface area contributed by atoms with Gasteiger partial charge in [-0.05, 0) is 72.2 Å². The zero-order chi connectivity index (χ0) is 26.5. The number of nitrogens with zero attached hydrogens (tertiary/aromatic N) is 1. The van der Waals surface area contributed by atoms with Gasteiger partial charge >= 0.3 is 0 Å². The number of anilines is 1. The van der Waals surface area contributed by atoms with Crippen molar-refractivity contribution in [1.29, 1.82) is 0 Å². The molecule has 1 N–H and O–H groups in total. The van der Waals surface area contributed by atoms with Crippen LogP contribution >= 0.6 is 28.1 Å². The molecule has 3 aromatic rings. The predicted molar refractivity (Wildman–Crippen MR) is 148 cm³/mol. The van der Waals surface area contributed by atoms with Gasteiger partial charge in [-0.15, -0.1) is 6.58 Å². The molecule has 0 atom stereocenters. The van der Waals surface area contributed by atoms with Gasteiger partial charge in [0.25, 0.3) is 11.8 Å². The molecule has 0 radical (unpaired) electrons. The summed E-state index contributed by atoms with van der Waals surface area (Å²) in [6, 6.07) is 16.9. The molecule has 6 nitrogen and oxygen atoms in total. The lowest BCUT2D eigenvalue weighted by Gasteiger charge is -2.29. The van der Waals surface area contributed by atoms with Crippen LogP contribution in [-0.4, -0.2) is 24.0 Å². The molecule has 0 saturated carbocycles. The first-order valence-electron chi connectivity index (χ1n) is 11.2. The highest BCUT2D eigenvalue weighted by Gasteiger charge is 2.35. The van der Waals surface area contributed by atoms with Crippen molar-refractivity contribution in [3.8, 4) is 11.5 Å². The molecular formula is C28H22BrFN2O4S. The van der Waals surface area contributed by atoms with Crippen molar-refractivity contribution in [3.63, 3.8) is 0 Å². The predicted octanol–water partition coefficient (Wildman–Crippen LogP) is 5.74. The maximum atomic E-state index is 14.4. The van der Waals surface area contributed by atoms with Gasteiger partial charge in [0.05, 0.1) is 12.8 Å². The van der Waals surface area contributed by atoms with Gasteiger partial charge in [-0.2, -0.15) is 0 Å². The summed E-state index contributed by atoms with van der Waals surface area (Å²) in [5.74, 6) is -1.11. The van der Waals surface area contributed by atoms with Crippen LogP contribution < -0.4 is 19.7 Å². The summed E-state index contributed by atoms with van der Waals surface area (Å²) in [6.45, 7) is 4.13. The van der Waals surface area contributed by atoms with Crippen molar-refractivity contribution >= 4 is 56.8 Å². The zero-order valence-electron chi connectivity index (χ0n) is 19.8. The molecule has 1 fully saturated rings. The Morgan fingerprint density at radius 2 is 1.86 bits per heavy atom. The minimum absolute atomic E-state index is 0.0509. The SMILES string of the molecule is C=CCc1cc(/C=C2\C(=O)NC(=S)N(c3ccccc3F)C2=O)cc(OC)c1OCc1ccc(Br)cc1. The number of carbonyl (C=O) groups excluding carboxylic acids is 2. The van der Waals surface area contributed by atoms with Gasteiger partial charge in [0.1, 0.15) is 18.0 Å². The number of para-hydroxylation sites is 1. The van der Waals surface area contributed by atoms with E-state index in [4.69, 9.17) is 21.7 Å². The Morgan fingerprint density at radius 1 is 1.14 bits per heavy atom. The average Bonchev–Trinajstić information content (AvgIpc) is 2.88. The first-order valence-corrected chi connectivity index (χ1v) is 12.4. The molecule has 9 heteroatoms. The second-order valence-electron chi connectivity index (χ2n) is 8.03. The Bertz CT molecular complexity index is 1420. The Morgan fingerprint density at radius 3 is 2.54 bits per heavy atom. The highest BCUT2D eigenvalue weighted by molar-refractivity contribution is 9.10. The van der Waals surface area contributed by atoms with Crippen molar-refractivity contribution in [2.45, 2.75) is 13.0 Å². The van der Waals surface area contributed by atoms with Crippen LogP contribution in [0.3, 0.4) is 0 Å². The second-order valence-corrected chi connectivity index (χ2v) is 9.33. The highest BCUT2D eigenvalue weighted by Crippen LogP contribution is 2.35. The fourth-order valence-corrected chi connectivity index (χ4v) is 4.34. The number of rotatable bonds is 8. The second kappa shape index (κ2) is 11.5. The largest absolute Gasteiger partial charge is 0.493 e. The van der Waals surface area contributed by atoms with Crippen LogP contribution in [0.5, 0.6) is 11.5 Å². The third-order valence-corrected chi connectivity index (χ3v) is 6.35. The van der Waals surface area contributed by atoms with Gasteiger partial charge in [-0.25, -0.2) is 9.29 Å². The number of ether oxygens (including phenoxy) is 2. The zero-order valence-corrected chi connectivity index (χ0v) is 22.2. The summed E-state index contributed by atoms with van der Waals surface area (Å²) < 4.78 is 27.1. The van der Waals surface area contributed by atoms with E-state index in [0.29, 0.717) is 30.1 Å². The molecule has 1 aliphatic heterocycles. The number of methoxy groups -OCH3 is 1. The lowest BCUT2D eigenvalue weighted by Crippen LogP contribution is -2.54. The minimum Gasteiger partial charge on any atom is -0.493 e. The number of nitrogens with one attached hydrogen (secondary N) is 1. The molecule has 0 bridgehead atoms. The summed E-state index contributed by atoms with van der Waals surface area (Å²) in [5, 5.41) is 2.27. The van der Waals surface area contributed by atoms with Crippen molar-refractivity contribution in [1.82, 2.24) is 5.32 Å². The number of benzene rings is 3. The van der Waals surface area contributed by atoms with Crippen molar-refractivity contribution < 1.29 is 23.5 Å². The molecule has 37 heavy (non-hydrogen) atoms. The van der Waals surface area contributed by atoms with Gasteiger partial charge in [0.15, 0.2) is 16.6 Å². The van der Waals surface area contributed by atoms with Crippen LogP contribution in [0.25, 0.3) is 6.08 Å². The Kier molecular flexibility index (Phi) is 8.15. The quantitative estimate of drug-likeness (QED) is 0.159. The monoisotopic (exact) mass is 580 g/mol. The van der Waals surface area contributed by atoms with Crippen LogP contribution in [0.15, 0.2) is 83.4 Å². The molecule has 2 amide bonds. The third kappa shape index (κ3) is 5.79.